The molecule has 1 aliphatic rings. The first-order valence-electron chi connectivity index (χ1n) is 8.78. The molecule has 3 rings (SSSR count). The van der Waals surface area contributed by atoms with Crippen LogP contribution in [0.25, 0.3) is 11.1 Å². The van der Waals surface area contributed by atoms with Crippen LogP contribution in [0, 0.1) is 12.3 Å². The van der Waals surface area contributed by atoms with E-state index in [1.807, 2.05) is 36.4 Å². The molecule has 1 unspecified atom stereocenters. The van der Waals surface area contributed by atoms with Gasteiger partial charge in [0.05, 0.1) is 0 Å². The van der Waals surface area contributed by atoms with Crippen molar-refractivity contribution in [1.82, 2.24) is 4.90 Å². The summed E-state index contributed by atoms with van der Waals surface area (Å²) in [6.07, 6.45) is 5.00. The van der Waals surface area contributed by atoms with Crippen molar-refractivity contribution in [2.75, 3.05) is 13.7 Å². The molecule has 0 heterocycles. The fourth-order valence-corrected chi connectivity index (χ4v) is 3.53. The first-order chi connectivity index (χ1) is 13.0. The van der Waals surface area contributed by atoms with Gasteiger partial charge in [0.15, 0.2) is 0 Å². The van der Waals surface area contributed by atoms with Gasteiger partial charge in [0, 0.05) is 19.4 Å². The van der Waals surface area contributed by atoms with Gasteiger partial charge in [-0.05, 0) is 28.7 Å². The van der Waals surface area contributed by atoms with Gasteiger partial charge in [0.1, 0.15) is 12.6 Å². The van der Waals surface area contributed by atoms with Crippen molar-refractivity contribution >= 4 is 12.1 Å². The molecule has 0 spiro atoms. The highest BCUT2D eigenvalue weighted by Crippen LogP contribution is 2.44. The molecule has 0 saturated carbocycles. The highest BCUT2D eigenvalue weighted by Gasteiger charge is 2.31. The molecule has 2 aromatic rings. The van der Waals surface area contributed by atoms with E-state index in [1.54, 1.807) is 0 Å². The van der Waals surface area contributed by atoms with Crippen molar-refractivity contribution in [1.29, 1.82) is 0 Å². The van der Waals surface area contributed by atoms with Crippen molar-refractivity contribution in [3.05, 3.63) is 59.7 Å². The topological polar surface area (TPSA) is 66.8 Å². The minimum atomic E-state index is -1.10. The highest BCUT2D eigenvalue weighted by atomic mass is 16.6. The summed E-state index contributed by atoms with van der Waals surface area (Å²) in [6.45, 7) is 0.151. The Labute approximate surface area is 158 Å². The highest BCUT2D eigenvalue weighted by molar-refractivity contribution is 5.81. The van der Waals surface area contributed by atoms with Crippen LogP contribution >= 0.6 is 0 Å². The number of carboxylic acid groups (broad SMARTS) is 1. The molecule has 0 radical (unpaired) electrons. The summed E-state index contributed by atoms with van der Waals surface area (Å²) in [7, 11) is 1.42. The molecule has 1 N–H and O–H groups in total. The van der Waals surface area contributed by atoms with E-state index < -0.39 is 18.1 Å². The zero-order chi connectivity index (χ0) is 19.4. The minimum absolute atomic E-state index is 0.0660. The first-order valence-corrected chi connectivity index (χ1v) is 8.78. The molecule has 138 valence electrons. The average molecular weight is 363 g/mol. The van der Waals surface area contributed by atoms with Crippen LogP contribution < -0.4 is 0 Å². The lowest BCUT2D eigenvalue weighted by Gasteiger charge is -2.24. The Morgan fingerprint density at radius 1 is 1.15 bits per heavy atom. The number of fused-ring (bicyclic) bond motifs is 3. The third-order valence-electron chi connectivity index (χ3n) is 4.94. The number of carbonyl (C=O) groups excluding carboxylic acids is 1. The summed E-state index contributed by atoms with van der Waals surface area (Å²) in [5.74, 6) is 1.24. The largest absolute Gasteiger partial charge is 0.480 e. The Bertz CT molecular complexity index is 854. The van der Waals surface area contributed by atoms with Crippen molar-refractivity contribution in [3.63, 3.8) is 0 Å². The van der Waals surface area contributed by atoms with E-state index >= 15 is 0 Å². The Morgan fingerprint density at radius 3 is 2.22 bits per heavy atom. The van der Waals surface area contributed by atoms with Crippen LogP contribution in [0.1, 0.15) is 29.9 Å². The number of likely N-dealkylation sites (N-methyl/N-ethyl adjacent to an activating group) is 1. The monoisotopic (exact) mass is 363 g/mol. The van der Waals surface area contributed by atoms with E-state index in [4.69, 9.17) is 11.2 Å². The fourth-order valence-electron chi connectivity index (χ4n) is 3.53. The molecular formula is C22H21NO4. The van der Waals surface area contributed by atoms with Gasteiger partial charge in [-0.25, -0.2) is 9.59 Å². The number of amides is 1. The number of benzene rings is 2. The molecule has 1 amide bonds. The van der Waals surface area contributed by atoms with Crippen LogP contribution in [0.4, 0.5) is 4.79 Å². The maximum absolute atomic E-state index is 12.4. The smallest absolute Gasteiger partial charge is 0.410 e. The van der Waals surface area contributed by atoms with Gasteiger partial charge >= 0.3 is 12.1 Å². The lowest BCUT2D eigenvalue weighted by Crippen LogP contribution is -2.43. The molecule has 2 aromatic carbocycles. The number of aliphatic carboxylic acids is 1. The number of terminal acetylenes is 1. The molecule has 27 heavy (non-hydrogen) atoms. The van der Waals surface area contributed by atoms with Crippen molar-refractivity contribution in [3.8, 4) is 23.5 Å². The Hall–Kier alpha value is -3.26. The normalized spacial score (nSPS) is 13.2. The molecule has 0 aliphatic heterocycles. The van der Waals surface area contributed by atoms with Crippen molar-refractivity contribution in [2.45, 2.75) is 24.8 Å². The third kappa shape index (κ3) is 3.65. The summed E-state index contributed by atoms with van der Waals surface area (Å²) >= 11 is 0. The van der Waals surface area contributed by atoms with Gasteiger partial charge in [-0.15, -0.1) is 12.3 Å². The van der Waals surface area contributed by atoms with Crippen molar-refractivity contribution in [2.24, 2.45) is 0 Å². The number of hydrogen-bond donors (Lipinski definition) is 1. The fraction of sp³-hybridized carbons (Fsp3) is 0.273. The molecule has 1 aliphatic carbocycles. The van der Waals surface area contributed by atoms with E-state index in [-0.39, 0.29) is 25.4 Å². The average Bonchev–Trinajstić information content (AvgIpc) is 3.00. The van der Waals surface area contributed by atoms with Crippen LogP contribution in [0.15, 0.2) is 48.5 Å². The second kappa shape index (κ2) is 7.96. The molecule has 1 atom stereocenters. The van der Waals surface area contributed by atoms with Crippen LogP contribution in [-0.2, 0) is 9.53 Å². The molecule has 0 bridgehead atoms. The second-order valence-corrected chi connectivity index (χ2v) is 6.51. The van der Waals surface area contributed by atoms with Crippen LogP contribution in [0.2, 0.25) is 0 Å². The number of nitrogens with zero attached hydrogens (tertiary/aromatic N) is 1. The maximum atomic E-state index is 12.4. The van der Waals surface area contributed by atoms with Crippen LogP contribution in [-0.4, -0.2) is 41.8 Å². The minimum Gasteiger partial charge on any atom is -0.480 e. The molecule has 5 heteroatoms. The van der Waals surface area contributed by atoms with Gasteiger partial charge in [0.25, 0.3) is 0 Å². The van der Waals surface area contributed by atoms with Gasteiger partial charge in [-0.3, -0.25) is 4.90 Å². The SMILES string of the molecule is C#CCCC(C(=O)O)N(C)C(=O)OCC1c2ccccc2-c2ccccc21. The van der Waals surface area contributed by atoms with E-state index in [1.165, 1.54) is 7.05 Å². The summed E-state index contributed by atoms with van der Waals surface area (Å²) in [5.41, 5.74) is 4.49. The Balaban J connectivity index is 1.74. The summed E-state index contributed by atoms with van der Waals surface area (Å²) in [6, 6.07) is 15.1. The second-order valence-electron chi connectivity index (χ2n) is 6.51. The number of carboxylic acids is 1. The summed E-state index contributed by atoms with van der Waals surface area (Å²) < 4.78 is 5.48. The van der Waals surface area contributed by atoms with Gasteiger partial charge in [0.2, 0.25) is 0 Å². The third-order valence-corrected chi connectivity index (χ3v) is 4.94. The van der Waals surface area contributed by atoms with E-state index in [0.29, 0.717) is 0 Å². The van der Waals surface area contributed by atoms with Crippen LogP contribution in [0.5, 0.6) is 0 Å². The predicted molar refractivity (Wildman–Crippen MR) is 102 cm³/mol. The van der Waals surface area contributed by atoms with E-state index in [0.717, 1.165) is 27.2 Å². The van der Waals surface area contributed by atoms with Crippen molar-refractivity contribution < 1.29 is 19.4 Å². The van der Waals surface area contributed by atoms with E-state index in [2.05, 4.69) is 18.1 Å². The molecule has 0 aromatic heterocycles. The maximum Gasteiger partial charge on any atom is 0.410 e. The lowest BCUT2D eigenvalue weighted by atomic mass is 9.98. The quantitative estimate of drug-likeness (QED) is 0.794. The van der Waals surface area contributed by atoms with Gasteiger partial charge in [-0.2, -0.15) is 0 Å². The molecule has 5 nitrogen and oxygen atoms in total. The van der Waals surface area contributed by atoms with Gasteiger partial charge < -0.3 is 9.84 Å². The van der Waals surface area contributed by atoms with E-state index in [9.17, 15) is 14.7 Å². The standard InChI is InChI=1S/C22H21NO4/c1-3-4-13-20(21(24)25)23(2)22(26)27-14-19-17-11-7-5-9-15(17)16-10-6-8-12-18(16)19/h1,5-12,19-20H,4,13-14H2,2H3,(H,24,25). The molecular weight excluding hydrogens is 342 g/mol. The number of hydrogen-bond acceptors (Lipinski definition) is 3. The lowest BCUT2D eigenvalue weighted by molar-refractivity contribution is -0.142. The zero-order valence-electron chi connectivity index (χ0n) is 15.1. The summed E-state index contributed by atoms with van der Waals surface area (Å²) in [4.78, 5) is 24.9. The van der Waals surface area contributed by atoms with Gasteiger partial charge in [-0.1, -0.05) is 48.5 Å². The predicted octanol–water partition coefficient (Wildman–Crippen LogP) is 3.73. The number of carbonyl (C=O) groups is 2. The molecule has 0 fully saturated rings. The Morgan fingerprint density at radius 2 is 1.70 bits per heavy atom. The zero-order valence-corrected chi connectivity index (χ0v) is 15.1. The van der Waals surface area contributed by atoms with Crippen LogP contribution in [0.3, 0.4) is 0 Å². The molecule has 0 saturated heterocycles. The first kappa shape index (κ1) is 18.5. The Kier molecular flexibility index (Phi) is 5.46. The number of rotatable bonds is 6. The number of ether oxygens (including phenoxy) is 1. The summed E-state index contributed by atoms with van der Waals surface area (Å²) in [5, 5.41) is 9.34.